The molecule has 8 heteroatoms. The summed E-state index contributed by atoms with van der Waals surface area (Å²) in [5, 5.41) is 7.08. The lowest BCUT2D eigenvalue weighted by Crippen LogP contribution is -2.30. The van der Waals surface area contributed by atoms with Crippen LogP contribution in [0, 0.1) is 12.8 Å². The lowest BCUT2D eigenvalue weighted by molar-refractivity contribution is 0.288. The number of hydrogen-bond acceptors (Lipinski definition) is 6. The Morgan fingerprint density at radius 1 is 1.32 bits per heavy atom. The van der Waals surface area contributed by atoms with E-state index in [4.69, 9.17) is 4.52 Å². The van der Waals surface area contributed by atoms with Crippen molar-refractivity contribution in [3.63, 3.8) is 0 Å². The highest BCUT2D eigenvalue weighted by Crippen LogP contribution is 2.19. The standard InChI is InChI=1S/C11H22N4O3S/c1-8(2)10(11-14-9(3)15-18-11)12-6-5-7-13-19(4,16)17/h8,10,12-13H,5-7H2,1-4H3/t10-/m1/s1. The number of aromatic nitrogens is 2. The Bertz CT molecular complexity index is 484. The molecule has 0 fully saturated rings. The zero-order valence-electron chi connectivity index (χ0n) is 11.8. The topological polar surface area (TPSA) is 97.1 Å². The van der Waals surface area contributed by atoms with Crippen LogP contribution in [-0.4, -0.2) is 37.9 Å². The fraction of sp³-hybridized carbons (Fsp3) is 0.818. The highest BCUT2D eigenvalue weighted by molar-refractivity contribution is 7.88. The van der Waals surface area contributed by atoms with Gasteiger partial charge in [0.2, 0.25) is 15.9 Å². The van der Waals surface area contributed by atoms with E-state index in [0.29, 0.717) is 37.1 Å². The largest absolute Gasteiger partial charge is 0.338 e. The Hall–Kier alpha value is -0.990. The molecule has 0 spiro atoms. The van der Waals surface area contributed by atoms with Crippen LogP contribution in [0.3, 0.4) is 0 Å². The van der Waals surface area contributed by atoms with Crippen LogP contribution < -0.4 is 10.0 Å². The van der Waals surface area contributed by atoms with Crippen LogP contribution in [0.5, 0.6) is 0 Å². The van der Waals surface area contributed by atoms with Crippen LogP contribution in [-0.2, 0) is 10.0 Å². The van der Waals surface area contributed by atoms with Crippen molar-refractivity contribution in [2.24, 2.45) is 5.92 Å². The van der Waals surface area contributed by atoms with Crippen LogP contribution >= 0.6 is 0 Å². The molecule has 0 aliphatic carbocycles. The fourth-order valence-corrected chi connectivity index (χ4v) is 2.17. The third-order valence-electron chi connectivity index (χ3n) is 2.56. The van der Waals surface area contributed by atoms with E-state index in [1.807, 2.05) is 0 Å². The molecule has 0 saturated carbocycles. The summed E-state index contributed by atoms with van der Waals surface area (Å²) in [4.78, 5) is 4.22. The van der Waals surface area contributed by atoms with Gasteiger partial charge in [0.05, 0.1) is 12.3 Å². The molecule has 7 nitrogen and oxygen atoms in total. The summed E-state index contributed by atoms with van der Waals surface area (Å²) in [6.45, 7) is 6.99. The molecule has 0 aliphatic heterocycles. The van der Waals surface area contributed by atoms with E-state index in [9.17, 15) is 8.42 Å². The van der Waals surface area contributed by atoms with Crippen LogP contribution in [0.15, 0.2) is 4.52 Å². The van der Waals surface area contributed by atoms with Gasteiger partial charge in [-0.25, -0.2) is 13.1 Å². The minimum Gasteiger partial charge on any atom is -0.338 e. The van der Waals surface area contributed by atoms with Crippen LogP contribution in [0.1, 0.15) is 38.0 Å². The summed E-state index contributed by atoms with van der Waals surface area (Å²) in [7, 11) is -3.11. The van der Waals surface area contributed by atoms with Gasteiger partial charge in [0.15, 0.2) is 5.82 Å². The lowest BCUT2D eigenvalue weighted by Gasteiger charge is -2.18. The van der Waals surface area contributed by atoms with Gasteiger partial charge in [-0.15, -0.1) is 0 Å². The number of hydrogen-bond donors (Lipinski definition) is 2. The molecule has 0 radical (unpaired) electrons. The van der Waals surface area contributed by atoms with Crippen molar-refractivity contribution in [3.05, 3.63) is 11.7 Å². The molecule has 0 amide bonds. The first kappa shape index (κ1) is 16.1. The second kappa shape index (κ2) is 6.97. The first-order valence-electron chi connectivity index (χ1n) is 6.28. The van der Waals surface area contributed by atoms with Crippen molar-refractivity contribution < 1.29 is 12.9 Å². The zero-order chi connectivity index (χ0) is 14.5. The molecule has 1 rings (SSSR count). The Morgan fingerprint density at radius 2 is 2.00 bits per heavy atom. The fourth-order valence-electron chi connectivity index (χ4n) is 1.65. The van der Waals surface area contributed by atoms with Gasteiger partial charge in [0, 0.05) is 6.54 Å². The average Bonchev–Trinajstić information content (AvgIpc) is 2.67. The normalized spacial score (nSPS) is 13.9. The summed E-state index contributed by atoms with van der Waals surface area (Å²) >= 11 is 0. The SMILES string of the molecule is Cc1noc([C@H](NCCCNS(C)(=O)=O)C(C)C)n1. The van der Waals surface area contributed by atoms with Gasteiger partial charge < -0.3 is 9.84 Å². The molecule has 1 aromatic rings. The molecule has 19 heavy (non-hydrogen) atoms. The Morgan fingerprint density at radius 3 is 2.47 bits per heavy atom. The molecule has 0 saturated heterocycles. The molecule has 0 aliphatic rings. The predicted molar refractivity (Wildman–Crippen MR) is 72.1 cm³/mol. The second-order valence-corrected chi connectivity index (χ2v) is 6.71. The van der Waals surface area contributed by atoms with Gasteiger partial charge in [-0.3, -0.25) is 0 Å². The first-order valence-corrected chi connectivity index (χ1v) is 8.17. The maximum Gasteiger partial charge on any atom is 0.244 e. The van der Waals surface area contributed by atoms with E-state index in [1.54, 1.807) is 6.92 Å². The molecule has 1 atom stereocenters. The smallest absolute Gasteiger partial charge is 0.244 e. The Balaban J connectivity index is 2.39. The highest BCUT2D eigenvalue weighted by atomic mass is 32.2. The molecule has 2 N–H and O–H groups in total. The number of aryl methyl sites for hydroxylation is 1. The molecule has 110 valence electrons. The summed E-state index contributed by atoms with van der Waals surface area (Å²) in [6, 6.07) is -0.0144. The van der Waals surface area contributed by atoms with E-state index in [0.717, 1.165) is 6.26 Å². The second-order valence-electron chi connectivity index (χ2n) is 4.88. The molecule has 1 aromatic heterocycles. The van der Waals surface area contributed by atoms with Gasteiger partial charge >= 0.3 is 0 Å². The summed E-state index contributed by atoms with van der Waals surface area (Å²) in [5.74, 6) is 1.49. The predicted octanol–water partition coefficient (Wildman–Crippen LogP) is 0.604. The highest BCUT2D eigenvalue weighted by Gasteiger charge is 2.20. The van der Waals surface area contributed by atoms with Crippen molar-refractivity contribution in [1.82, 2.24) is 20.2 Å². The lowest BCUT2D eigenvalue weighted by atomic mass is 10.0. The van der Waals surface area contributed by atoms with Gasteiger partial charge in [-0.1, -0.05) is 19.0 Å². The van der Waals surface area contributed by atoms with Gasteiger partial charge in [-0.05, 0) is 25.8 Å². The van der Waals surface area contributed by atoms with Crippen molar-refractivity contribution in [2.45, 2.75) is 33.2 Å². The average molecular weight is 290 g/mol. The molecular weight excluding hydrogens is 268 g/mol. The van der Waals surface area contributed by atoms with E-state index in [-0.39, 0.29) is 6.04 Å². The quantitative estimate of drug-likeness (QED) is 0.681. The third-order valence-corrected chi connectivity index (χ3v) is 3.29. The number of nitrogens with one attached hydrogen (secondary N) is 2. The van der Waals surface area contributed by atoms with Gasteiger partial charge in [0.1, 0.15) is 0 Å². The molecule has 0 bridgehead atoms. The van der Waals surface area contributed by atoms with E-state index >= 15 is 0 Å². The molecule has 1 heterocycles. The maximum atomic E-state index is 10.9. The number of sulfonamides is 1. The maximum absolute atomic E-state index is 10.9. The Labute approximate surface area is 114 Å². The van der Waals surface area contributed by atoms with Crippen molar-refractivity contribution in [3.8, 4) is 0 Å². The zero-order valence-corrected chi connectivity index (χ0v) is 12.6. The van der Waals surface area contributed by atoms with Gasteiger partial charge in [0.25, 0.3) is 0 Å². The number of nitrogens with zero attached hydrogens (tertiary/aromatic N) is 2. The third kappa shape index (κ3) is 6.13. The van der Waals surface area contributed by atoms with Crippen molar-refractivity contribution in [1.29, 1.82) is 0 Å². The van der Waals surface area contributed by atoms with Gasteiger partial charge in [-0.2, -0.15) is 4.98 Å². The minimum absolute atomic E-state index is 0.0144. The summed E-state index contributed by atoms with van der Waals surface area (Å²) < 4.78 is 29.4. The van der Waals surface area contributed by atoms with Crippen LogP contribution in [0.25, 0.3) is 0 Å². The molecule has 0 unspecified atom stereocenters. The van der Waals surface area contributed by atoms with E-state index in [2.05, 4.69) is 34.0 Å². The molecular formula is C11H22N4O3S. The Kier molecular flexibility index (Phi) is 5.89. The van der Waals surface area contributed by atoms with Crippen LogP contribution in [0.4, 0.5) is 0 Å². The van der Waals surface area contributed by atoms with E-state index < -0.39 is 10.0 Å². The first-order chi connectivity index (χ1) is 8.79. The van der Waals surface area contributed by atoms with Crippen molar-refractivity contribution in [2.75, 3.05) is 19.3 Å². The monoisotopic (exact) mass is 290 g/mol. The number of rotatable bonds is 8. The van der Waals surface area contributed by atoms with Crippen molar-refractivity contribution >= 4 is 10.0 Å². The summed E-state index contributed by atoms with van der Waals surface area (Å²) in [6.07, 6.45) is 1.85. The van der Waals surface area contributed by atoms with Crippen LogP contribution in [0.2, 0.25) is 0 Å². The summed E-state index contributed by atoms with van der Waals surface area (Å²) in [5.41, 5.74) is 0. The van der Waals surface area contributed by atoms with E-state index in [1.165, 1.54) is 0 Å². The minimum atomic E-state index is -3.11. The molecule has 0 aromatic carbocycles.